The molecule has 0 aliphatic heterocycles. The van der Waals surface area contributed by atoms with Gasteiger partial charge in [0.2, 0.25) is 10.0 Å². The van der Waals surface area contributed by atoms with E-state index in [0.29, 0.717) is 16.6 Å². The second kappa shape index (κ2) is 9.67. The number of hydrogen-bond donors (Lipinski definition) is 1. The summed E-state index contributed by atoms with van der Waals surface area (Å²) in [5.41, 5.74) is 0. The highest BCUT2D eigenvalue weighted by Gasteiger charge is 2.14. The van der Waals surface area contributed by atoms with Crippen molar-refractivity contribution in [3.8, 4) is 0 Å². The first kappa shape index (κ1) is 18.8. The molecule has 1 rings (SSSR count). The Kier molecular flexibility index (Phi) is 8.64. The summed E-state index contributed by atoms with van der Waals surface area (Å²) in [4.78, 5) is 0.114. The molecule has 1 aromatic rings. The van der Waals surface area contributed by atoms with Crippen LogP contribution in [-0.2, 0) is 10.0 Å². The maximum Gasteiger partial charge on any atom is 0.240 e. The summed E-state index contributed by atoms with van der Waals surface area (Å²) < 4.78 is 26.8. The molecule has 0 heterocycles. The van der Waals surface area contributed by atoms with Crippen molar-refractivity contribution < 1.29 is 8.42 Å². The van der Waals surface area contributed by atoms with Crippen LogP contribution in [0.4, 0.5) is 0 Å². The molecule has 0 aliphatic carbocycles. The average Bonchev–Trinajstić information content (AvgIpc) is 2.40. The van der Waals surface area contributed by atoms with Gasteiger partial charge in [-0.25, -0.2) is 13.1 Å². The van der Waals surface area contributed by atoms with Crippen LogP contribution in [0.15, 0.2) is 23.1 Å². The summed E-state index contributed by atoms with van der Waals surface area (Å²) >= 11 is 11.6. The predicted octanol–water partition coefficient (Wildman–Crippen LogP) is 5.02. The lowest BCUT2D eigenvalue weighted by molar-refractivity contribution is 0.563. The van der Waals surface area contributed by atoms with E-state index >= 15 is 0 Å². The highest BCUT2D eigenvalue weighted by molar-refractivity contribution is 7.89. The Labute approximate surface area is 138 Å². The summed E-state index contributed by atoms with van der Waals surface area (Å²) in [6.07, 6.45) is 8.06. The minimum Gasteiger partial charge on any atom is -0.211 e. The van der Waals surface area contributed by atoms with E-state index in [2.05, 4.69) is 11.6 Å². The van der Waals surface area contributed by atoms with Crippen molar-refractivity contribution in [1.82, 2.24) is 4.72 Å². The Morgan fingerprint density at radius 1 is 0.905 bits per heavy atom. The number of benzene rings is 1. The van der Waals surface area contributed by atoms with Crippen molar-refractivity contribution in [3.63, 3.8) is 0 Å². The fourth-order valence-corrected chi connectivity index (χ4v) is 3.86. The zero-order valence-corrected chi connectivity index (χ0v) is 14.7. The molecule has 3 nitrogen and oxygen atoms in total. The molecule has 0 bridgehead atoms. The molecule has 0 radical (unpaired) electrons. The van der Waals surface area contributed by atoms with Crippen LogP contribution in [0.25, 0.3) is 0 Å². The van der Waals surface area contributed by atoms with Crippen LogP contribution in [0.1, 0.15) is 51.9 Å². The molecule has 0 atom stereocenters. The first-order chi connectivity index (χ1) is 9.95. The van der Waals surface area contributed by atoms with E-state index in [0.717, 1.165) is 19.3 Å². The van der Waals surface area contributed by atoms with Crippen LogP contribution < -0.4 is 4.72 Å². The molecule has 0 saturated carbocycles. The number of hydrogen-bond acceptors (Lipinski definition) is 2. The van der Waals surface area contributed by atoms with Gasteiger partial charge in [0.1, 0.15) is 0 Å². The van der Waals surface area contributed by atoms with Gasteiger partial charge in [0.05, 0.1) is 4.90 Å². The van der Waals surface area contributed by atoms with Crippen molar-refractivity contribution in [3.05, 3.63) is 28.2 Å². The van der Waals surface area contributed by atoms with Crippen LogP contribution >= 0.6 is 23.2 Å². The van der Waals surface area contributed by atoms with Gasteiger partial charge in [0, 0.05) is 16.6 Å². The zero-order valence-electron chi connectivity index (χ0n) is 12.4. The van der Waals surface area contributed by atoms with Crippen molar-refractivity contribution in [2.45, 2.75) is 56.8 Å². The molecule has 1 N–H and O–H groups in total. The fraction of sp³-hybridized carbons (Fsp3) is 0.600. The number of nitrogens with one attached hydrogen (secondary N) is 1. The van der Waals surface area contributed by atoms with Crippen molar-refractivity contribution in [2.24, 2.45) is 0 Å². The van der Waals surface area contributed by atoms with Gasteiger partial charge in [-0.1, -0.05) is 68.7 Å². The fourth-order valence-electron chi connectivity index (χ4n) is 2.06. The lowest BCUT2D eigenvalue weighted by atomic mass is 10.1. The molecule has 0 amide bonds. The van der Waals surface area contributed by atoms with E-state index in [1.807, 2.05) is 0 Å². The minimum absolute atomic E-state index is 0.114. The number of halogens is 2. The molecule has 0 unspecified atom stereocenters. The third kappa shape index (κ3) is 7.50. The summed E-state index contributed by atoms with van der Waals surface area (Å²) in [6, 6.07) is 4.32. The average molecular weight is 352 g/mol. The minimum atomic E-state index is -3.53. The van der Waals surface area contributed by atoms with Gasteiger partial charge in [0.15, 0.2) is 0 Å². The summed E-state index contributed by atoms with van der Waals surface area (Å²) in [5.74, 6) is 0. The number of rotatable bonds is 10. The number of unbranched alkanes of at least 4 members (excludes halogenated alkanes) is 6. The van der Waals surface area contributed by atoms with Gasteiger partial charge in [0.25, 0.3) is 0 Å². The van der Waals surface area contributed by atoms with E-state index in [1.54, 1.807) is 0 Å². The second-order valence-corrected chi connectivity index (χ2v) is 7.76. The van der Waals surface area contributed by atoms with Gasteiger partial charge in [-0.2, -0.15) is 0 Å². The largest absolute Gasteiger partial charge is 0.240 e. The standard InChI is InChI=1S/C15H23Cl2NO2S/c1-2-3-4-5-6-7-8-9-18-21(19,20)15-11-13(16)10-14(17)12-15/h10-12,18H,2-9H2,1H3. The predicted molar refractivity (Wildman–Crippen MR) is 89.6 cm³/mol. The van der Waals surface area contributed by atoms with Crippen LogP contribution in [0.5, 0.6) is 0 Å². The van der Waals surface area contributed by atoms with E-state index in [9.17, 15) is 8.42 Å². The van der Waals surface area contributed by atoms with Gasteiger partial charge < -0.3 is 0 Å². The lowest BCUT2D eigenvalue weighted by Crippen LogP contribution is -2.24. The quantitative estimate of drug-likeness (QED) is 0.601. The number of sulfonamides is 1. The molecule has 0 spiro atoms. The highest BCUT2D eigenvalue weighted by Crippen LogP contribution is 2.22. The van der Waals surface area contributed by atoms with Gasteiger partial charge in [-0.15, -0.1) is 0 Å². The topological polar surface area (TPSA) is 46.2 Å². The summed E-state index contributed by atoms with van der Waals surface area (Å²) in [6.45, 7) is 2.64. The smallest absolute Gasteiger partial charge is 0.211 e. The Bertz CT molecular complexity index is 512. The van der Waals surface area contributed by atoms with Gasteiger partial charge in [-0.05, 0) is 24.6 Å². The van der Waals surface area contributed by atoms with Crippen LogP contribution in [-0.4, -0.2) is 15.0 Å². The summed E-state index contributed by atoms with van der Waals surface area (Å²) in [7, 11) is -3.53. The molecule has 21 heavy (non-hydrogen) atoms. The van der Waals surface area contributed by atoms with Crippen molar-refractivity contribution in [2.75, 3.05) is 6.54 Å². The maximum absolute atomic E-state index is 12.1. The highest BCUT2D eigenvalue weighted by atomic mass is 35.5. The van der Waals surface area contributed by atoms with Crippen molar-refractivity contribution in [1.29, 1.82) is 0 Å². The Morgan fingerprint density at radius 2 is 1.43 bits per heavy atom. The zero-order chi connectivity index (χ0) is 15.7. The normalized spacial score (nSPS) is 11.8. The molecule has 0 saturated heterocycles. The molecular formula is C15H23Cl2NO2S. The Morgan fingerprint density at radius 3 is 2.00 bits per heavy atom. The van der Waals surface area contributed by atoms with Crippen LogP contribution in [0.3, 0.4) is 0 Å². The van der Waals surface area contributed by atoms with E-state index in [-0.39, 0.29) is 4.90 Å². The molecule has 0 aliphatic rings. The monoisotopic (exact) mass is 351 g/mol. The third-order valence-corrected chi connectivity index (χ3v) is 5.10. The van der Waals surface area contributed by atoms with Gasteiger partial charge in [-0.3, -0.25) is 0 Å². The molecule has 6 heteroatoms. The first-order valence-electron chi connectivity index (χ1n) is 7.41. The molecule has 0 aromatic heterocycles. The second-order valence-electron chi connectivity index (χ2n) is 5.12. The van der Waals surface area contributed by atoms with Crippen LogP contribution in [0, 0.1) is 0 Å². The molecule has 120 valence electrons. The van der Waals surface area contributed by atoms with E-state index in [4.69, 9.17) is 23.2 Å². The first-order valence-corrected chi connectivity index (χ1v) is 9.65. The Hall–Kier alpha value is -0.290. The SMILES string of the molecule is CCCCCCCCCNS(=O)(=O)c1cc(Cl)cc(Cl)c1. The lowest BCUT2D eigenvalue weighted by Gasteiger charge is -2.07. The molecule has 1 aromatic carbocycles. The maximum atomic E-state index is 12.1. The molecule has 0 fully saturated rings. The third-order valence-electron chi connectivity index (χ3n) is 3.22. The van der Waals surface area contributed by atoms with E-state index < -0.39 is 10.0 Å². The van der Waals surface area contributed by atoms with Crippen LogP contribution in [0.2, 0.25) is 10.0 Å². The van der Waals surface area contributed by atoms with Crippen molar-refractivity contribution >= 4 is 33.2 Å². The van der Waals surface area contributed by atoms with E-state index in [1.165, 1.54) is 43.9 Å². The summed E-state index contributed by atoms with van der Waals surface area (Å²) in [5, 5.41) is 0.637. The molecular weight excluding hydrogens is 329 g/mol. The van der Waals surface area contributed by atoms with Gasteiger partial charge >= 0.3 is 0 Å². The Balaban J connectivity index is 2.33.